The summed E-state index contributed by atoms with van der Waals surface area (Å²) in [4.78, 5) is 48.7. The van der Waals surface area contributed by atoms with Gasteiger partial charge < -0.3 is 45.7 Å². The highest BCUT2D eigenvalue weighted by molar-refractivity contribution is 5.96. The number of rotatable bonds is 17. The van der Waals surface area contributed by atoms with Crippen LogP contribution < -0.4 is 21.7 Å². The van der Waals surface area contributed by atoms with E-state index in [1.807, 2.05) is 30.9 Å². The Morgan fingerprint density at radius 1 is 0.774 bits per heavy atom. The number of anilines is 2. The van der Waals surface area contributed by atoms with E-state index < -0.39 is 24.3 Å². The van der Waals surface area contributed by atoms with Gasteiger partial charge in [-0.3, -0.25) is 23.9 Å². The second-order valence-corrected chi connectivity index (χ2v) is 14.5. The molecule has 0 aliphatic carbocycles. The van der Waals surface area contributed by atoms with E-state index in [1.54, 1.807) is 13.8 Å². The summed E-state index contributed by atoms with van der Waals surface area (Å²) in [7, 11) is 0. The first-order chi connectivity index (χ1) is 29.5. The molecule has 4 aromatic rings. The SMILES string of the molecule is CCOC(=O)CC(=O)NCc1c(CC)nc2c(cnn2CC)c1NC1CCOCC1.CCOC(=O)CC(=O)O.CCc1cc2c(cnn2CC)c(NC2CCOCC2)c1CN.Cl. The minimum absolute atomic E-state index is 0. The lowest BCUT2D eigenvalue weighted by Crippen LogP contribution is -2.30. The normalized spacial score (nSPS) is 14.1. The molecule has 1 amide bonds. The summed E-state index contributed by atoms with van der Waals surface area (Å²) >= 11 is 0. The molecule has 0 saturated carbocycles. The lowest BCUT2D eigenvalue weighted by atomic mass is 9.98. The summed E-state index contributed by atoms with van der Waals surface area (Å²) in [5, 5.41) is 29.4. The van der Waals surface area contributed by atoms with Crippen LogP contribution in [0.5, 0.6) is 0 Å². The number of aliphatic carboxylic acids is 1. The molecule has 1 aromatic carbocycles. The summed E-state index contributed by atoms with van der Waals surface area (Å²) in [6.07, 6.45) is 8.60. The van der Waals surface area contributed by atoms with Crippen molar-refractivity contribution in [2.24, 2.45) is 5.73 Å². The van der Waals surface area contributed by atoms with Crippen LogP contribution >= 0.6 is 12.4 Å². The standard InChI is InChI=1S/C21H31N5O4.C17H26N4O.C5H8O4.ClH/c1-4-17-15(12-22-18(27)11-19(28)30-6-3)20(24-14-7-9-29-10-8-14)16-13-23-26(5-2)21(16)25-17;1-3-12-9-16-15(11-19-21(16)4-2)17(14(12)10-18)20-13-5-7-22-8-6-13;1-2-9-5(8)3-4(6)7;/h13-14H,4-12H2,1-3H3,(H,22,27)(H,24,25);9,11,13,20H,3-8,10,18H2,1-2H3;2-3H2,1H3,(H,6,7);1H. The van der Waals surface area contributed by atoms with Crippen LogP contribution in [0.25, 0.3) is 21.9 Å². The Morgan fingerprint density at radius 3 is 1.81 bits per heavy atom. The molecular formula is C43H66ClN9O9. The lowest BCUT2D eigenvalue weighted by molar-refractivity contribution is -0.151. The molecule has 62 heavy (non-hydrogen) atoms. The fourth-order valence-electron chi connectivity index (χ4n) is 7.36. The van der Waals surface area contributed by atoms with Crippen molar-refractivity contribution in [1.29, 1.82) is 0 Å². The summed E-state index contributed by atoms with van der Waals surface area (Å²) in [5.74, 6) is -2.74. The summed E-state index contributed by atoms with van der Waals surface area (Å²) in [6.45, 7) is 17.8. The Kier molecular flexibility index (Phi) is 21.9. The van der Waals surface area contributed by atoms with E-state index in [0.717, 1.165) is 106 Å². The van der Waals surface area contributed by atoms with E-state index in [0.29, 0.717) is 12.6 Å². The highest BCUT2D eigenvalue weighted by atomic mass is 35.5. The first-order valence-electron chi connectivity index (χ1n) is 21.6. The third-order valence-corrected chi connectivity index (χ3v) is 10.5. The molecule has 0 unspecified atom stereocenters. The zero-order valence-corrected chi connectivity index (χ0v) is 37.9. The number of carboxylic acids is 1. The Bertz CT molecular complexity index is 2060. The highest BCUT2D eigenvalue weighted by Crippen LogP contribution is 2.33. The highest BCUT2D eigenvalue weighted by Gasteiger charge is 2.23. The quantitative estimate of drug-likeness (QED) is 0.0669. The van der Waals surface area contributed by atoms with Crippen molar-refractivity contribution in [1.82, 2.24) is 29.9 Å². The van der Waals surface area contributed by atoms with Gasteiger partial charge in [-0.1, -0.05) is 13.8 Å². The smallest absolute Gasteiger partial charge is 0.317 e. The molecular weight excluding hydrogens is 822 g/mol. The second kappa shape index (κ2) is 26.4. The van der Waals surface area contributed by atoms with E-state index in [1.165, 1.54) is 27.7 Å². The number of pyridine rings is 1. The number of benzene rings is 1. The molecule has 5 heterocycles. The first kappa shape index (κ1) is 51.3. The van der Waals surface area contributed by atoms with Crippen molar-refractivity contribution in [2.45, 2.75) is 131 Å². The van der Waals surface area contributed by atoms with Gasteiger partial charge in [0.2, 0.25) is 5.91 Å². The predicted molar refractivity (Wildman–Crippen MR) is 239 cm³/mol. The van der Waals surface area contributed by atoms with Gasteiger partial charge in [-0.2, -0.15) is 10.2 Å². The van der Waals surface area contributed by atoms with Crippen LogP contribution in [0.1, 0.15) is 102 Å². The number of ether oxygens (including phenoxy) is 4. The maximum absolute atomic E-state index is 12.2. The van der Waals surface area contributed by atoms with Crippen molar-refractivity contribution < 1.29 is 43.2 Å². The van der Waals surface area contributed by atoms with Gasteiger partial charge in [-0.15, -0.1) is 12.4 Å². The minimum atomic E-state index is -1.16. The van der Waals surface area contributed by atoms with Crippen LogP contribution in [0, 0.1) is 0 Å². The molecule has 6 rings (SSSR count). The van der Waals surface area contributed by atoms with E-state index in [2.05, 4.69) is 55.5 Å². The number of fused-ring (bicyclic) bond motifs is 2. The monoisotopic (exact) mass is 887 g/mol. The van der Waals surface area contributed by atoms with E-state index in [-0.39, 0.29) is 50.5 Å². The minimum Gasteiger partial charge on any atom is -0.481 e. The van der Waals surface area contributed by atoms with E-state index in [9.17, 15) is 19.2 Å². The zero-order valence-electron chi connectivity index (χ0n) is 37.0. The second-order valence-electron chi connectivity index (χ2n) is 14.5. The fourth-order valence-corrected chi connectivity index (χ4v) is 7.36. The molecule has 3 aromatic heterocycles. The zero-order chi connectivity index (χ0) is 44.3. The molecule has 19 heteroatoms. The van der Waals surface area contributed by atoms with Gasteiger partial charge in [-0.25, -0.2) is 9.67 Å². The third kappa shape index (κ3) is 14.3. The molecule has 0 atom stereocenters. The molecule has 2 saturated heterocycles. The van der Waals surface area contributed by atoms with Gasteiger partial charge in [0.05, 0.1) is 47.9 Å². The van der Waals surface area contributed by atoms with Gasteiger partial charge in [0.25, 0.3) is 0 Å². The number of carboxylic acid groups (broad SMARTS) is 1. The topological polar surface area (TPSA) is 236 Å². The molecule has 344 valence electrons. The van der Waals surface area contributed by atoms with E-state index >= 15 is 0 Å². The van der Waals surface area contributed by atoms with Gasteiger partial charge in [0.15, 0.2) is 5.65 Å². The number of amides is 1. The van der Waals surface area contributed by atoms with Crippen molar-refractivity contribution in [3.8, 4) is 0 Å². The summed E-state index contributed by atoms with van der Waals surface area (Å²) < 4.78 is 24.1. The molecule has 0 spiro atoms. The number of carbonyl (C=O) groups excluding carboxylic acids is 3. The molecule has 2 aliphatic heterocycles. The van der Waals surface area contributed by atoms with Crippen molar-refractivity contribution in [2.75, 3.05) is 50.3 Å². The number of hydrogen-bond acceptors (Lipinski definition) is 14. The molecule has 0 bridgehead atoms. The van der Waals surface area contributed by atoms with Gasteiger partial charge in [0, 0.05) is 81.3 Å². The van der Waals surface area contributed by atoms with Crippen LogP contribution in [-0.4, -0.2) is 105 Å². The summed E-state index contributed by atoms with van der Waals surface area (Å²) in [6, 6.07) is 3.00. The van der Waals surface area contributed by atoms with Crippen LogP contribution in [0.3, 0.4) is 0 Å². The molecule has 6 N–H and O–H groups in total. The number of nitrogens with one attached hydrogen (secondary N) is 3. The van der Waals surface area contributed by atoms with Gasteiger partial charge in [-0.05, 0) is 83.4 Å². The van der Waals surface area contributed by atoms with Crippen LogP contribution in [-0.2, 0) is 77.1 Å². The predicted octanol–water partition coefficient (Wildman–Crippen LogP) is 5.29. The average molecular weight is 889 g/mol. The van der Waals surface area contributed by atoms with Crippen molar-refractivity contribution in [3.05, 3.63) is 40.8 Å². The number of aromatic nitrogens is 5. The Balaban J connectivity index is 0.000000280. The average Bonchev–Trinajstić information content (AvgIpc) is 3.88. The number of carbonyl (C=O) groups is 4. The Hall–Kier alpha value is -5.04. The molecule has 0 radical (unpaired) electrons. The molecule has 2 fully saturated rings. The summed E-state index contributed by atoms with van der Waals surface area (Å²) in [5.41, 5.74) is 14.6. The van der Waals surface area contributed by atoms with Gasteiger partial charge in [0.1, 0.15) is 12.8 Å². The molecule has 18 nitrogen and oxygen atoms in total. The maximum atomic E-state index is 12.2. The maximum Gasteiger partial charge on any atom is 0.317 e. The Morgan fingerprint density at radius 2 is 1.31 bits per heavy atom. The van der Waals surface area contributed by atoms with E-state index in [4.69, 9.17) is 30.0 Å². The molecule has 2 aliphatic rings. The number of nitrogens with two attached hydrogens (primary N) is 1. The number of esters is 2. The first-order valence-corrected chi connectivity index (χ1v) is 21.6. The van der Waals surface area contributed by atoms with Crippen LogP contribution in [0.2, 0.25) is 0 Å². The number of halogens is 1. The van der Waals surface area contributed by atoms with Crippen molar-refractivity contribution in [3.63, 3.8) is 0 Å². The number of aryl methyl sites for hydroxylation is 4. The number of hydrogen-bond donors (Lipinski definition) is 5. The van der Waals surface area contributed by atoms with Crippen LogP contribution in [0.4, 0.5) is 11.4 Å². The lowest BCUT2D eigenvalue weighted by Gasteiger charge is -2.26. The van der Waals surface area contributed by atoms with Gasteiger partial charge >= 0.3 is 17.9 Å². The third-order valence-electron chi connectivity index (χ3n) is 10.5. The van der Waals surface area contributed by atoms with Crippen molar-refractivity contribution >= 4 is 69.5 Å². The largest absolute Gasteiger partial charge is 0.481 e. The Labute approximate surface area is 369 Å². The van der Waals surface area contributed by atoms with Crippen LogP contribution in [0.15, 0.2) is 18.5 Å². The fraction of sp³-hybridized carbons (Fsp3) is 0.605. The number of nitrogens with zero attached hydrogens (tertiary/aromatic N) is 5.